The minimum Gasteiger partial charge on any atom is -0.462 e. The molecule has 0 N–H and O–H groups in total. The molecule has 79 heavy (non-hydrogen) atoms. The average molecular weight is 1090 g/mol. The lowest BCUT2D eigenvalue weighted by atomic mass is 10.1. The summed E-state index contributed by atoms with van der Waals surface area (Å²) in [5.41, 5.74) is 0. The molecule has 0 spiro atoms. The number of rotatable bonds is 58. The number of unbranched alkanes of at least 4 members (excludes halogenated alkanes) is 25. The minimum atomic E-state index is -0.789. The highest BCUT2D eigenvalue weighted by Gasteiger charge is 2.19. The maximum Gasteiger partial charge on any atom is 0.306 e. The SMILES string of the molecule is CC/C=C\C/C=C\C/C=C\C/C=C\C/C=C\C/C=C\C/C=C\C/C=C\CCCCCCCCCCC(=O)OCC(COC(=O)CCCCCCCCCCCCC)OC(=O)CCCCCCCCC/C=C\C/C=C\C/C=C\CC. The molecule has 0 heterocycles. The Hall–Kier alpha value is -4.45. The van der Waals surface area contributed by atoms with Crippen molar-refractivity contribution in [1.82, 2.24) is 0 Å². The molecule has 0 bridgehead atoms. The van der Waals surface area contributed by atoms with Crippen LogP contribution in [-0.2, 0) is 28.6 Å². The zero-order chi connectivity index (χ0) is 57.1. The van der Waals surface area contributed by atoms with Crippen molar-refractivity contribution in [1.29, 1.82) is 0 Å². The van der Waals surface area contributed by atoms with E-state index < -0.39 is 6.10 Å². The molecule has 6 nitrogen and oxygen atoms in total. The average Bonchev–Trinajstić information content (AvgIpc) is 3.45. The van der Waals surface area contributed by atoms with E-state index in [0.717, 1.165) is 141 Å². The highest BCUT2D eigenvalue weighted by atomic mass is 16.6. The molecule has 0 saturated carbocycles. The van der Waals surface area contributed by atoms with Crippen molar-refractivity contribution in [2.75, 3.05) is 13.2 Å². The highest BCUT2D eigenvalue weighted by Crippen LogP contribution is 2.16. The van der Waals surface area contributed by atoms with Crippen molar-refractivity contribution in [2.24, 2.45) is 0 Å². The Bertz CT molecular complexity index is 1680. The van der Waals surface area contributed by atoms with Gasteiger partial charge in [-0.15, -0.1) is 0 Å². The van der Waals surface area contributed by atoms with Gasteiger partial charge in [0.15, 0.2) is 6.10 Å². The first-order valence-corrected chi connectivity index (χ1v) is 32.7. The summed E-state index contributed by atoms with van der Waals surface area (Å²) in [6.45, 7) is 6.40. The van der Waals surface area contributed by atoms with Gasteiger partial charge < -0.3 is 14.2 Å². The van der Waals surface area contributed by atoms with Gasteiger partial charge in [-0.3, -0.25) is 14.4 Å². The first-order chi connectivity index (χ1) is 39.0. The summed E-state index contributed by atoms with van der Waals surface area (Å²) >= 11 is 0. The Kier molecular flexibility index (Phi) is 62.3. The molecule has 0 saturated heterocycles. The van der Waals surface area contributed by atoms with E-state index in [-0.39, 0.29) is 31.1 Å². The van der Waals surface area contributed by atoms with Crippen molar-refractivity contribution in [3.8, 4) is 0 Å². The molecule has 0 aliphatic rings. The Labute approximate surface area is 487 Å². The Morgan fingerprint density at radius 1 is 0.266 bits per heavy atom. The van der Waals surface area contributed by atoms with E-state index in [1.807, 2.05) is 0 Å². The summed E-state index contributed by atoms with van der Waals surface area (Å²) < 4.78 is 16.9. The molecular formula is C73H120O6. The summed E-state index contributed by atoms with van der Waals surface area (Å²) in [4.78, 5) is 38.2. The lowest BCUT2D eigenvalue weighted by Gasteiger charge is -2.18. The molecule has 448 valence electrons. The number of hydrogen-bond acceptors (Lipinski definition) is 6. The summed E-state index contributed by atoms with van der Waals surface area (Å²) in [7, 11) is 0. The standard InChI is InChI=1S/C73H120O6/c1-4-7-10-13-16-19-22-24-26-28-29-30-31-32-33-34-35-36-37-38-39-40-41-42-43-45-46-48-51-54-57-60-63-66-72(75)78-69-70(68-77-71(74)65-62-59-56-53-50-21-18-15-12-9-6-3)79-73(76)67-64-61-58-55-52-49-47-44-27-25-23-20-17-14-11-8-5-2/h7-8,10-11,16-17,19-20,24-27,29-30,32-33,35-36,38-39,41-42,70H,4-6,9,12-15,18,21-23,28,31,34,37,40,43-69H2,1-3H3/b10-7-,11-8-,19-16-,20-17-,26-24-,27-25-,30-29-,33-32-,36-35-,39-38-,42-41-. The van der Waals surface area contributed by atoms with Crippen LogP contribution < -0.4 is 0 Å². The van der Waals surface area contributed by atoms with Crippen molar-refractivity contribution in [2.45, 2.75) is 297 Å². The van der Waals surface area contributed by atoms with E-state index in [4.69, 9.17) is 14.2 Å². The number of carbonyl (C=O) groups excluding carboxylic acids is 3. The van der Waals surface area contributed by atoms with E-state index in [9.17, 15) is 14.4 Å². The van der Waals surface area contributed by atoms with Crippen LogP contribution >= 0.6 is 0 Å². The van der Waals surface area contributed by atoms with Crippen molar-refractivity contribution in [3.05, 3.63) is 134 Å². The summed E-state index contributed by atoms with van der Waals surface area (Å²) in [5.74, 6) is -0.901. The van der Waals surface area contributed by atoms with Crippen LogP contribution in [0, 0.1) is 0 Å². The zero-order valence-corrected chi connectivity index (χ0v) is 51.3. The highest BCUT2D eigenvalue weighted by molar-refractivity contribution is 5.71. The number of hydrogen-bond donors (Lipinski definition) is 0. The molecule has 1 unspecified atom stereocenters. The number of allylic oxidation sites excluding steroid dienone is 22. The third-order valence-corrected chi connectivity index (χ3v) is 13.7. The topological polar surface area (TPSA) is 78.9 Å². The summed E-state index contributed by atoms with van der Waals surface area (Å²) in [6.07, 6.45) is 93.2. The van der Waals surface area contributed by atoms with Gasteiger partial charge in [-0.05, 0) is 116 Å². The number of carbonyl (C=O) groups is 3. The van der Waals surface area contributed by atoms with Gasteiger partial charge in [-0.25, -0.2) is 0 Å². The second-order valence-electron chi connectivity index (χ2n) is 21.3. The Balaban J connectivity index is 4.26. The van der Waals surface area contributed by atoms with E-state index in [1.165, 1.54) is 109 Å². The van der Waals surface area contributed by atoms with Crippen LogP contribution in [0.25, 0.3) is 0 Å². The van der Waals surface area contributed by atoms with Crippen molar-refractivity contribution >= 4 is 17.9 Å². The van der Waals surface area contributed by atoms with Gasteiger partial charge >= 0.3 is 17.9 Å². The quantitative estimate of drug-likeness (QED) is 0.0261. The maximum atomic E-state index is 12.9. The minimum absolute atomic E-state index is 0.0850. The van der Waals surface area contributed by atoms with Gasteiger partial charge in [0.05, 0.1) is 0 Å². The molecule has 0 aromatic heterocycles. The first kappa shape index (κ1) is 74.5. The molecular weight excluding hydrogens is 973 g/mol. The summed E-state index contributed by atoms with van der Waals surface area (Å²) in [6, 6.07) is 0. The van der Waals surface area contributed by atoms with Gasteiger partial charge in [0.25, 0.3) is 0 Å². The van der Waals surface area contributed by atoms with Crippen LogP contribution in [-0.4, -0.2) is 37.2 Å². The van der Waals surface area contributed by atoms with Gasteiger partial charge in [0.2, 0.25) is 0 Å². The fourth-order valence-electron chi connectivity index (χ4n) is 8.83. The van der Waals surface area contributed by atoms with Crippen LogP contribution in [0.1, 0.15) is 290 Å². The van der Waals surface area contributed by atoms with E-state index in [2.05, 4.69) is 154 Å². The normalized spacial score (nSPS) is 13.0. The molecule has 0 aromatic carbocycles. The molecule has 0 aromatic rings. The van der Waals surface area contributed by atoms with Crippen LogP contribution in [0.2, 0.25) is 0 Å². The van der Waals surface area contributed by atoms with Crippen LogP contribution in [0.4, 0.5) is 0 Å². The fraction of sp³-hybridized carbons (Fsp3) is 0.658. The van der Waals surface area contributed by atoms with Gasteiger partial charge in [-0.2, -0.15) is 0 Å². The Morgan fingerprint density at radius 2 is 0.494 bits per heavy atom. The number of esters is 3. The first-order valence-electron chi connectivity index (χ1n) is 32.7. The van der Waals surface area contributed by atoms with Gasteiger partial charge in [0, 0.05) is 19.3 Å². The molecule has 0 aliphatic heterocycles. The van der Waals surface area contributed by atoms with E-state index in [0.29, 0.717) is 19.3 Å². The van der Waals surface area contributed by atoms with E-state index in [1.54, 1.807) is 0 Å². The van der Waals surface area contributed by atoms with Crippen LogP contribution in [0.15, 0.2) is 134 Å². The fourth-order valence-corrected chi connectivity index (χ4v) is 8.83. The van der Waals surface area contributed by atoms with Crippen LogP contribution in [0.5, 0.6) is 0 Å². The molecule has 6 heteroatoms. The second-order valence-corrected chi connectivity index (χ2v) is 21.3. The predicted molar refractivity (Wildman–Crippen MR) is 343 cm³/mol. The van der Waals surface area contributed by atoms with E-state index >= 15 is 0 Å². The smallest absolute Gasteiger partial charge is 0.306 e. The molecule has 1 atom stereocenters. The van der Waals surface area contributed by atoms with Crippen molar-refractivity contribution in [3.63, 3.8) is 0 Å². The van der Waals surface area contributed by atoms with Crippen molar-refractivity contribution < 1.29 is 28.6 Å². The second kappa shape index (κ2) is 66.1. The van der Waals surface area contributed by atoms with Crippen LogP contribution in [0.3, 0.4) is 0 Å². The predicted octanol–water partition coefficient (Wildman–Crippen LogP) is 22.5. The number of ether oxygens (including phenoxy) is 3. The third-order valence-electron chi connectivity index (χ3n) is 13.7. The molecule has 0 aliphatic carbocycles. The Morgan fingerprint density at radius 3 is 0.772 bits per heavy atom. The molecule has 0 radical (unpaired) electrons. The van der Waals surface area contributed by atoms with Gasteiger partial charge in [0.1, 0.15) is 13.2 Å². The lowest BCUT2D eigenvalue weighted by Crippen LogP contribution is -2.30. The lowest BCUT2D eigenvalue weighted by molar-refractivity contribution is -0.167. The largest absolute Gasteiger partial charge is 0.462 e. The molecule has 0 fully saturated rings. The maximum absolute atomic E-state index is 12.9. The molecule has 0 rings (SSSR count). The monoisotopic (exact) mass is 1090 g/mol. The zero-order valence-electron chi connectivity index (χ0n) is 51.3. The van der Waals surface area contributed by atoms with Gasteiger partial charge in [-0.1, -0.05) is 289 Å². The summed E-state index contributed by atoms with van der Waals surface area (Å²) in [5, 5.41) is 0. The third kappa shape index (κ3) is 64.3. The molecule has 0 amide bonds.